The first-order valence-corrected chi connectivity index (χ1v) is 10.1. The number of carbonyl (C=O) groups excluding carboxylic acids is 2. The Morgan fingerprint density at radius 2 is 1.47 bits per heavy atom. The molecule has 7 nitrogen and oxygen atoms in total. The maximum atomic E-state index is 12.9. The van der Waals surface area contributed by atoms with Crippen molar-refractivity contribution in [2.45, 2.75) is 25.4 Å². The molecule has 3 N–H and O–H groups in total. The minimum Gasteiger partial charge on any atom is -0.480 e. The van der Waals surface area contributed by atoms with E-state index in [9.17, 15) is 14.4 Å². The lowest BCUT2D eigenvalue weighted by molar-refractivity contribution is -0.141. The summed E-state index contributed by atoms with van der Waals surface area (Å²) in [6.07, 6.45) is 0.213. The second-order valence-corrected chi connectivity index (χ2v) is 7.23. The Bertz CT molecular complexity index is 1070. The van der Waals surface area contributed by atoms with Crippen molar-refractivity contribution in [3.8, 4) is 11.5 Å². The molecule has 2 unspecified atom stereocenters. The zero-order valence-electron chi connectivity index (χ0n) is 17.5. The van der Waals surface area contributed by atoms with Crippen LogP contribution in [0.4, 0.5) is 0 Å². The molecule has 0 heterocycles. The maximum absolute atomic E-state index is 12.9. The number of carboxylic acids is 1. The minimum atomic E-state index is -1.16. The first-order valence-electron chi connectivity index (χ1n) is 10.1. The Morgan fingerprint density at radius 1 is 0.844 bits per heavy atom. The fourth-order valence-electron chi connectivity index (χ4n) is 3.00. The normalized spacial score (nSPS) is 12.3. The minimum absolute atomic E-state index is 0.213. The maximum Gasteiger partial charge on any atom is 0.325 e. The summed E-state index contributed by atoms with van der Waals surface area (Å²) in [4.78, 5) is 36.8. The van der Waals surface area contributed by atoms with Crippen molar-refractivity contribution < 1.29 is 24.2 Å². The van der Waals surface area contributed by atoms with Gasteiger partial charge >= 0.3 is 5.97 Å². The van der Waals surface area contributed by atoms with Gasteiger partial charge in [-0.3, -0.25) is 14.4 Å². The van der Waals surface area contributed by atoms with E-state index in [-0.39, 0.29) is 6.42 Å². The van der Waals surface area contributed by atoms with E-state index in [1.807, 2.05) is 48.5 Å². The molecule has 0 spiro atoms. The van der Waals surface area contributed by atoms with Crippen LogP contribution >= 0.6 is 0 Å². The molecule has 2 atom stereocenters. The van der Waals surface area contributed by atoms with E-state index in [0.29, 0.717) is 17.1 Å². The van der Waals surface area contributed by atoms with Crippen molar-refractivity contribution >= 4 is 17.8 Å². The molecule has 164 valence electrons. The van der Waals surface area contributed by atoms with E-state index < -0.39 is 29.9 Å². The van der Waals surface area contributed by atoms with Gasteiger partial charge in [0.05, 0.1) is 0 Å². The number of ether oxygens (including phenoxy) is 1. The lowest BCUT2D eigenvalue weighted by Gasteiger charge is -2.20. The van der Waals surface area contributed by atoms with Crippen LogP contribution in [0.15, 0.2) is 84.9 Å². The van der Waals surface area contributed by atoms with Gasteiger partial charge in [0.1, 0.15) is 23.6 Å². The monoisotopic (exact) mass is 432 g/mol. The number of amides is 2. The van der Waals surface area contributed by atoms with Crippen molar-refractivity contribution in [2.24, 2.45) is 0 Å². The summed E-state index contributed by atoms with van der Waals surface area (Å²) in [5.41, 5.74) is 1.15. The topological polar surface area (TPSA) is 105 Å². The van der Waals surface area contributed by atoms with E-state index in [0.717, 1.165) is 5.56 Å². The largest absolute Gasteiger partial charge is 0.480 e. The molecule has 0 aliphatic carbocycles. The molecule has 0 bridgehead atoms. The molecular formula is C25H24N2O5. The number of nitrogens with one attached hydrogen (secondary N) is 2. The second kappa shape index (κ2) is 10.8. The van der Waals surface area contributed by atoms with Crippen LogP contribution in [0.3, 0.4) is 0 Å². The molecule has 0 aliphatic rings. The summed E-state index contributed by atoms with van der Waals surface area (Å²) < 4.78 is 5.77. The number of benzene rings is 3. The van der Waals surface area contributed by atoms with Crippen LogP contribution in [0, 0.1) is 0 Å². The van der Waals surface area contributed by atoms with Gasteiger partial charge in [-0.05, 0) is 42.8 Å². The summed E-state index contributed by atoms with van der Waals surface area (Å²) in [5, 5.41) is 14.2. The summed E-state index contributed by atoms with van der Waals surface area (Å²) in [7, 11) is 0. The van der Waals surface area contributed by atoms with Crippen LogP contribution in [0.25, 0.3) is 0 Å². The quantitative estimate of drug-likeness (QED) is 0.481. The van der Waals surface area contributed by atoms with Gasteiger partial charge in [-0.2, -0.15) is 0 Å². The zero-order valence-corrected chi connectivity index (χ0v) is 17.5. The van der Waals surface area contributed by atoms with E-state index in [1.165, 1.54) is 6.92 Å². The highest BCUT2D eigenvalue weighted by atomic mass is 16.5. The first-order chi connectivity index (χ1) is 15.4. The first kappa shape index (κ1) is 22.6. The third kappa shape index (κ3) is 6.43. The lowest BCUT2D eigenvalue weighted by atomic mass is 10.0. The van der Waals surface area contributed by atoms with Crippen molar-refractivity contribution in [3.05, 3.63) is 96.1 Å². The van der Waals surface area contributed by atoms with Gasteiger partial charge in [0, 0.05) is 12.0 Å². The van der Waals surface area contributed by atoms with Crippen molar-refractivity contribution in [2.75, 3.05) is 0 Å². The average molecular weight is 432 g/mol. The molecule has 2 amide bonds. The Balaban J connectivity index is 1.75. The van der Waals surface area contributed by atoms with E-state index in [1.54, 1.807) is 36.4 Å². The molecule has 0 aromatic heterocycles. The number of aliphatic carboxylic acids is 1. The van der Waals surface area contributed by atoms with Gasteiger partial charge in [0.25, 0.3) is 5.91 Å². The average Bonchev–Trinajstić information content (AvgIpc) is 2.80. The number of rotatable bonds is 9. The van der Waals surface area contributed by atoms with Crippen LogP contribution in [-0.2, 0) is 16.0 Å². The van der Waals surface area contributed by atoms with Crippen LogP contribution in [0.2, 0.25) is 0 Å². The Hall–Kier alpha value is -4.13. The van der Waals surface area contributed by atoms with E-state index in [2.05, 4.69) is 10.6 Å². The van der Waals surface area contributed by atoms with Gasteiger partial charge in [0.15, 0.2) is 0 Å². The molecule has 0 fully saturated rings. The van der Waals surface area contributed by atoms with Crippen molar-refractivity contribution in [1.29, 1.82) is 0 Å². The molecule has 3 rings (SSSR count). The molecule has 0 radical (unpaired) electrons. The van der Waals surface area contributed by atoms with Crippen LogP contribution in [0.1, 0.15) is 22.8 Å². The molecule has 3 aromatic carbocycles. The molecule has 7 heteroatoms. The van der Waals surface area contributed by atoms with Gasteiger partial charge in [0.2, 0.25) is 5.91 Å². The fraction of sp³-hybridized carbons (Fsp3) is 0.160. The van der Waals surface area contributed by atoms with Gasteiger partial charge < -0.3 is 20.5 Å². The smallest absolute Gasteiger partial charge is 0.325 e. The third-order valence-corrected chi connectivity index (χ3v) is 4.71. The van der Waals surface area contributed by atoms with Gasteiger partial charge in [-0.1, -0.05) is 54.6 Å². The summed E-state index contributed by atoms with van der Waals surface area (Å²) in [6.45, 7) is 1.37. The third-order valence-electron chi connectivity index (χ3n) is 4.71. The number of para-hydroxylation sites is 1. The molecule has 0 saturated carbocycles. The number of hydrogen-bond donors (Lipinski definition) is 3. The molecule has 3 aromatic rings. The molecule has 32 heavy (non-hydrogen) atoms. The Kier molecular flexibility index (Phi) is 7.59. The Labute approximate surface area is 186 Å². The summed E-state index contributed by atoms with van der Waals surface area (Å²) >= 11 is 0. The van der Waals surface area contributed by atoms with Gasteiger partial charge in [-0.25, -0.2) is 0 Å². The van der Waals surface area contributed by atoms with Crippen LogP contribution in [-0.4, -0.2) is 35.0 Å². The van der Waals surface area contributed by atoms with Gasteiger partial charge in [-0.15, -0.1) is 0 Å². The highest BCUT2D eigenvalue weighted by Gasteiger charge is 2.25. The predicted molar refractivity (Wildman–Crippen MR) is 120 cm³/mol. The SMILES string of the molecule is CC(NC(=O)C(Cc1ccccc1)NC(=O)c1cccc(Oc2ccccc2)c1)C(=O)O. The predicted octanol–water partition coefficient (Wildman–Crippen LogP) is 3.41. The number of carboxylic acid groups (broad SMARTS) is 1. The standard InChI is InChI=1S/C25H24N2O5/c1-17(25(30)31)26-24(29)22(15-18-9-4-2-5-10-18)27-23(28)19-11-8-14-21(16-19)32-20-12-6-3-7-13-20/h2-14,16-17,22H,15H2,1H3,(H,26,29)(H,27,28)(H,30,31). The fourth-order valence-corrected chi connectivity index (χ4v) is 3.00. The van der Waals surface area contributed by atoms with Crippen molar-refractivity contribution in [1.82, 2.24) is 10.6 Å². The van der Waals surface area contributed by atoms with Crippen LogP contribution in [0.5, 0.6) is 11.5 Å². The number of hydrogen-bond acceptors (Lipinski definition) is 4. The van der Waals surface area contributed by atoms with E-state index >= 15 is 0 Å². The summed E-state index contributed by atoms with van der Waals surface area (Å²) in [6, 6.07) is 22.9. The Morgan fingerprint density at radius 3 is 2.12 bits per heavy atom. The molecular weight excluding hydrogens is 408 g/mol. The number of carbonyl (C=O) groups is 3. The van der Waals surface area contributed by atoms with E-state index in [4.69, 9.17) is 9.84 Å². The highest BCUT2D eigenvalue weighted by molar-refractivity contribution is 5.98. The lowest BCUT2D eigenvalue weighted by Crippen LogP contribution is -2.51. The van der Waals surface area contributed by atoms with Crippen LogP contribution < -0.4 is 15.4 Å². The highest BCUT2D eigenvalue weighted by Crippen LogP contribution is 2.22. The van der Waals surface area contributed by atoms with Crippen molar-refractivity contribution in [3.63, 3.8) is 0 Å². The summed E-state index contributed by atoms with van der Waals surface area (Å²) in [5.74, 6) is -1.09. The molecule has 0 aliphatic heterocycles. The zero-order chi connectivity index (χ0) is 22.9. The molecule has 0 saturated heterocycles. The second-order valence-electron chi connectivity index (χ2n) is 7.23.